The maximum absolute atomic E-state index is 14.4. The van der Waals surface area contributed by atoms with Crippen LogP contribution in [0.25, 0.3) is 5.69 Å². The van der Waals surface area contributed by atoms with Crippen molar-refractivity contribution in [2.75, 3.05) is 6.61 Å². The topological polar surface area (TPSA) is 83.7 Å². The SMILES string of the molecule is C#CCOc1cc(-n2c(C#N)c(C#N)n(CC)c2=O)c(F)cc1Br. The summed E-state index contributed by atoms with van der Waals surface area (Å²) >= 11 is 3.14. The Kier molecular flexibility index (Phi) is 5.08. The third-order valence-corrected chi connectivity index (χ3v) is 3.84. The highest BCUT2D eigenvalue weighted by molar-refractivity contribution is 9.10. The van der Waals surface area contributed by atoms with E-state index in [1.807, 2.05) is 0 Å². The molecule has 0 fully saturated rings. The predicted molar refractivity (Wildman–Crippen MR) is 87.1 cm³/mol. The number of ether oxygens (including phenoxy) is 1. The highest BCUT2D eigenvalue weighted by Crippen LogP contribution is 2.30. The Morgan fingerprint density at radius 1 is 1.33 bits per heavy atom. The van der Waals surface area contributed by atoms with Crippen LogP contribution in [-0.2, 0) is 6.54 Å². The van der Waals surface area contributed by atoms with Crippen molar-refractivity contribution in [2.45, 2.75) is 13.5 Å². The van der Waals surface area contributed by atoms with Crippen molar-refractivity contribution in [1.82, 2.24) is 9.13 Å². The van der Waals surface area contributed by atoms with Gasteiger partial charge in [0.15, 0.2) is 11.4 Å². The summed E-state index contributed by atoms with van der Waals surface area (Å²) in [5.41, 5.74) is -1.25. The number of nitriles is 2. The second-order valence-corrected chi connectivity index (χ2v) is 5.36. The van der Waals surface area contributed by atoms with E-state index >= 15 is 0 Å². The highest BCUT2D eigenvalue weighted by Gasteiger charge is 2.23. The fourth-order valence-electron chi connectivity index (χ4n) is 2.20. The van der Waals surface area contributed by atoms with Gasteiger partial charge in [0, 0.05) is 12.6 Å². The fraction of sp³-hybridized carbons (Fsp3) is 0.188. The van der Waals surface area contributed by atoms with Crippen LogP contribution in [0.5, 0.6) is 5.75 Å². The molecule has 6 nitrogen and oxygen atoms in total. The molecule has 1 heterocycles. The van der Waals surface area contributed by atoms with Crippen molar-refractivity contribution in [3.63, 3.8) is 0 Å². The number of hydrogen-bond donors (Lipinski definition) is 0. The molecule has 8 heteroatoms. The number of terminal acetylenes is 1. The third kappa shape index (κ3) is 2.78. The van der Waals surface area contributed by atoms with Crippen LogP contribution in [-0.4, -0.2) is 15.7 Å². The summed E-state index contributed by atoms with van der Waals surface area (Å²) in [5.74, 6) is 1.73. The lowest BCUT2D eigenvalue weighted by atomic mass is 10.2. The van der Waals surface area contributed by atoms with Crippen molar-refractivity contribution >= 4 is 15.9 Å². The maximum Gasteiger partial charge on any atom is 0.334 e. The van der Waals surface area contributed by atoms with Crippen LogP contribution in [0.15, 0.2) is 21.4 Å². The van der Waals surface area contributed by atoms with Gasteiger partial charge in [-0.3, -0.25) is 4.57 Å². The molecule has 2 rings (SSSR count). The highest BCUT2D eigenvalue weighted by atomic mass is 79.9. The largest absolute Gasteiger partial charge is 0.480 e. The van der Waals surface area contributed by atoms with Gasteiger partial charge in [0.1, 0.15) is 30.3 Å². The van der Waals surface area contributed by atoms with Crippen molar-refractivity contribution < 1.29 is 9.13 Å². The van der Waals surface area contributed by atoms with Gasteiger partial charge in [-0.1, -0.05) is 5.92 Å². The molecular weight excluding hydrogens is 379 g/mol. The molecule has 120 valence electrons. The van der Waals surface area contributed by atoms with Crippen molar-refractivity contribution in [1.29, 1.82) is 10.5 Å². The number of aromatic nitrogens is 2. The number of hydrogen-bond acceptors (Lipinski definition) is 4. The first-order valence-corrected chi connectivity index (χ1v) is 7.50. The van der Waals surface area contributed by atoms with Gasteiger partial charge in [-0.25, -0.2) is 13.8 Å². The van der Waals surface area contributed by atoms with E-state index in [0.29, 0.717) is 4.47 Å². The molecule has 1 aromatic carbocycles. The lowest BCUT2D eigenvalue weighted by Crippen LogP contribution is -2.24. The van der Waals surface area contributed by atoms with E-state index in [9.17, 15) is 19.7 Å². The Hall–Kier alpha value is -3.02. The van der Waals surface area contributed by atoms with Crippen molar-refractivity contribution in [2.24, 2.45) is 0 Å². The minimum atomic E-state index is -0.758. The predicted octanol–water partition coefficient (Wildman–Crippen LogP) is 2.32. The molecule has 0 unspecified atom stereocenters. The lowest BCUT2D eigenvalue weighted by Gasteiger charge is -2.10. The lowest BCUT2D eigenvalue weighted by molar-refractivity contribution is 0.367. The van der Waals surface area contributed by atoms with Crippen molar-refractivity contribution in [3.8, 4) is 35.9 Å². The number of nitrogens with zero attached hydrogens (tertiary/aromatic N) is 4. The first-order chi connectivity index (χ1) is 11.5. The summed E-state index contributed by atoms with van der Waals surface area (Å²) in [4.78, 5) is 12.5. The summed E-state index contributed by atoms with van der Waals surface area (Å²) in [6.07, 6.45) is 5.13. The smallest absolute Gasteiger partial charge is 0.334 e. The zero-order valence-electron chi connectivity index (χ0n) is 12.5. The molecule has 24 heavy (non-hydrogen) atoms. The van der Waals surface area contributed by atoms with Crippen LogP contribution < -0.4 is 10.4 Å². The molecule has 0 radical (unpaired) electrons. The van der Waals surface area contributed by atoms with E-state index in [2.05, 4.69) is 21.9 Å². The number of benzene rings is 1. The van der Waals surface area contributed by atoms with Crippen LogP contribution in [0.3, 0.4) is 0 Å². The van der Waals surface area contributed by atoms with Crippen LogP contribution in [0, 0.1) is 40.8 Å². The normalized spacial score (nSPS) is 9.83. The van der Waals surface area contributed by atoms with Gasteiger partial charge in [0.05, 0.1) is 10.2 Å². The zero-order valence-corrected chi connectivity index (χ0v) is 14.1. The molecule has 2 aromatic rings. The van der Waals surface area contributed by atoms with Gasteiger partial charge in [-0.2, -0.15) is 10.5 Å². The molecule has 1 aromatic heterocycles. The van der Waals surface area contributed by atoms with Gasteiger partial charge in [0.2, 0.25) is 0 Å². The monoisotopic (exact) mass is 388 g/mol. The molecule has 0 saturated heterocycles. The molecule has 0 amide bonds. The zero-order chi connectivity index (χ0) is 17.9. The molecule has 0 atom stereocenters. The second kappa shape index (κ2) is 7.04. The summed E-state index contributed by atoms with van der Waals surface area (Å²) in [6.45, 7) is 1.76. The fourth-order valence-corrected chi connectivity index (χ4v) is 2.63. The standard InChI is InChI=1S/C16H10BrFN4O2/c1-3-5-24-15-7-12(11(18)6-10(15)17)22-14(9-20)13(8-19)21(4-2)16(22)23/h1,6-7H,4-5H2,2H3. The first-order valence-electron chi connectivity index (χ1n) is 6.71. The molecule has 0 aliphatic carbocycles. The molecule has 0 spiro atoms. The molecule has 0 saturated carbocycles. The Labute approximate surface area is 145 Å². The maximum atomic E-state index is 14.4. The van der Waals surface area contributed by atoms with E-state index < -0.39 is 11.5 Å². The van der Waals surface area contributed by atoms with Gasteiger partial charge in [0.25, 0.3) is 0 Å². The average molecular weight is 389 g/mol. The first kappa shape index (κ1) is 17.3. The Balaban J connectivity index is 2.81. The third-order valence-electron chi connectivity index (χ3n) is 3.22. The number of rotatable bonds is 4. The minimum absolute atomic E-state index is 0.0525. The molecular formula is C16H10BrFN4O2. The number of halogens is 2. The minimum Gasteiger partial charge on any atom is -0.480 e. The van der Waals surface area contributed by atoms with E-state index in [0.717, 1.165) is 15.2 Å². The summed E-state index contributed by atoms with van der Waals surface area (Å²) < 4.78 is 21.9. The quantitative estimate of drug-likeness (QED) is 0.752. The summed E-state index contributed by atoms with van der Waals surface area (Å²) in [5, 5.41) is 18.5. The van der Waals surface area contributed by atoms with E-state index in [4.69, 9.17) is 11.2 Å². The van der Waals surface area contributed by atoms with Gasteiger partial charge in [-0.15, -0.1) is 6.42 Å². The Morgan fingerprint density at radius 2 is 2.00 bits per heavy atom. The molecule has 0 aliphatic rings. The van der Waals surface area contributed by atoms with Gasteiger partial charge < -0.3 is 4.74 Å². The van der Waals surface area contributed by atoms with Crippen LogP contribution in [0.4, 0.5) is 4.39 Å². The van der Waals surface area contributed by atoms with Crippen molar-refractivity contribution in [3.05, 3.63) is 44.3 Å². The molecule has 0 N–H and O–H groups in total. The average Bonchev–Trinajstić information content (AvgIpc) is 2.85. The van der Waals surface area contributed by atoms with Crippen LogP contribution >= 0.6 is 15.9 Å². The second-order valence-electron chi connectivity index (χ2n) is 4.51. The van der Waals surface area contributed by atoms with Crippen LogP contribution in [0.1, 0.15) is 18.3 Å². The van der Waals surface area contributed by atoms with E-state index in [1.54, 1.807) is 19.1 Å². The molecule has 0 aliphatic heterocycles. The van der Waals surface area contributed by atoms with E-state index in [-0.39, 0.29) is 36.0 Å². The van der Waals surface area contributed by atoms with Crippen LogP contribution in [0.2, 0.25) is 0 Å². The summed E-state index contributed by atoms with van der Waals surface area (Å²) in [6, 6.07) is 5.94. The Morgan fingerprint density at radius 3 is 2.54 bits per heavy atom. The van der Waals surface area contributed by atoms with E-state index in [1.165, 1.54) is 6.07 Å². The van der Waals surface area contributed by atoms with Gasteiger partial charge in [-0.05, 0) is 28.9 Å². The summed E-state index contributed by atoms with van der Waals surface area (Å²) in [7, 11) is 0. The molecule has 0 bridgehead atoms. The number of imidazole rings is 1. The Bertz CT molecular complexity index is 986. The van der Waals surface area contributed by atoms with Gasteiger partial charge >= 0.3 is 5.69 Å².